The van der Waals surface area contributed by atoms with Crippen molar-refractivity contribution in [2.75, 3.05) is 13.1 Å². The van der Waals surface area contributed by atoms with Crippen LogP contribution in [0.25, 0.3) is 0 Å². The molecule has 0 saturated heterocycles. The van der Waals surface area contributed by atoms with Crippen LogP contribution in [0, 0.1) is 6.92 Å². The van der Waals surface area contributed by atoms with Crippen molar-refractivity contribution in [3.63, 3.8) is 0 Å². The molecule has 2 N–H and O–H groups in total. The van der Waals surface area contributed by atoms with Crippen molar-refractivity contribution < 1.29 is 8.94 Å². The van der Waals surface area contributed by atoms with E-state index >= 15 is 0 Å². The summed E-state index contributed by atoms with van der Waals surface area (Å²) >= 11 is 0. The second kappa shape index (κ2) is 7.94. The van der Waals surface area contributed by atoms with Gasteiger partial charge in [-0.1, -0.05) is 25.9 Å². The van der Waals surface area contributed by atoms with Crippen LogP contribution in [0.2, 0.25) is 0 Å². The number of hydrogen-bond donors (Lipinski definition) is 2. The molecule has 2 aromatic heterocycles. The molecule has 0 spiro atoms. The molecule has 24 heavy (non-hydrogen) atoms. The van der Waals surface area contributed by atoms with E-state index in [2.05, 4.69) is 51.5 Å². The summed E-state index contributed by atoms with van der Waals surface area (Å²) in [7, 11) is 0. The van der Waals surface area contributed by atoms with Crippen molar-refractivity contribution in [2.24, 2.45) is 4.99 Å². The number of aryl methyl sites for hydroxylation is 1. The summed E-state index contributed by atoms with van der Waals surface area (Å²) in [5, 5.41) is 10.2. The lowest BCUT2D eigenvalue weighted by molar-refractivity contribution is 0.374. The molecule has 0 bridgehead atoms. The van der Waals surface area contributed by atoms with Crippen molar-refractivity contribution in [3.8, 4) is 0 Å². The average Bonchev–Trinajstić information content (AvgIpc) is 3.13. The van der Waals surface area contributed by atoms with Gasteiger partial charge in [0.1, 0.15) is 12.3 Å². The van der Waals surface area contributed by atoms with Crippen LogP contribution in [0.15, 0.2) is 20.1 Å². The first-order valence-corrected chi connectivity index (χ1v) is 8.15. The molecule has 0 aliphatic heterocycles. The van der Waals surface area contributed by atoms with E-state index < -0.39 is 0 Å². The fourth-order valence-corrected chi connectivity index (χ4v) is 1.95. The molecule has 0 radical (unpaired) electrons. The number of aromatic nitrogens is 3. The monoisotopic (exact) mass is 334 g/mol. The summed E-state index contributed by atoms with van der Waals surface area (Å²) in [6.07, 6.45) is 2.40. The van der Waals surface area contributed by atoms with Crippen LogP contribution in [-0.2, 0) is 18.4 Å². The van der Waals surface area contributed by atoms with Gasteiger partial charge in [-0.25, -0.2) is 9.98 Å². The first-order chi connectivity index (χ1) is 11.4. The summed E-state index contributed by atoms with van der Waals surface area (Å²) in [4.78, 5) is 12.9. The van der Waals surface area contributed by atoms with Gasteiger partial charge >= 0.3 is 0 Å². The summed E-state index contributed by atoms with van der Waals surface area (Å²) in [6, 6.07) is 0. The second-order valence-corrected chi connectivity index (χ2v) is 6.48. The van der Waals surface area contributed by atoms with E-state index in [0.717, 1.165) is 12.3 Å². The van der Waals surface area contributed by atoms with Crippen molar-refractivity contribution >= 4 is 5.96 Å². The first-order valence-electron chi connectivity index (χ1n) is 8.15. The zero-order valence-corrected chi connectivity index (χ0v) is 15.0. The average molecular weight is 334 g/mol. The van der Waals surface area contributed by atoms with Gasteiger partial charge in [-0.3, -0.25) is 0 Å². The van der Waals surface area contributed by atoms with Crippen LogP contribution in [0.3, 0.4) is 0 Å². The van der Waals surface area contributed by atoms with E-state index in [0.29, 0.717) is 43.1 Å². The van der Waals surface area contributed by atoms with Crippen molar-refractivity contribution in [2.45, 2.75) is 53.0 Å². The topological polar surface area (TPSA) is 101 Å². The number of nitrogens with one attached hydrogen (secondary N) is 2. The molecular formula is C16H26N6O2. The Bertz CT molecular complexity index is 668. The minimum Gasteiger partial charge on any atom is -0.443 e. The van der Waals surface area contributed by atoms with Crippen LogP contribution in [-0.4, -0.2) is 34.2 Å². The lowest BCUT2D eigenvalue weighted by Crippen LogP contribution is -2.38. The third kappa shape index (κ3) is 5.36. The van der Waals surface area contributed by atoms with Crippen molar-refractivity contribution in [1.82, 2.24) is 25.8 Å². The Labute approximate surface area is 142 Å². The summed E-state index contributed by atoms with van der Waals surface area (Å²) < 4.78 is 10.8. The largest absolute Gasteiger partial charge is 0.443 e. The Balaban J connectivity index is 1.89. The van der Waals surface area contributed by atoms with E-state index in [4.69, 9.17) is 8.94 Å². The van der Waals surface area contributed by atoms with E-state index in [1.807, 2.05) is 6.92 Å². The highest BCUT2D eigenvalue weighted by Gasteiger charge is 2.19. The zero-order valence-electron chi connectivity index (χ0n) is 15.0. The van der Waals surface area contributed by atoms with Crippen LogP contribution >= 0.6 is 0 Å². The number of oxazole rings is 1. The SMILES string of the molecule is CCNC(=NCc1ncc(C(C)(C)C)o1)NCCc1nc(C)no1. The minimum atomic E-state index is -0.0556. The van der Waals surface area contributed by atoms with Gasteiger partial charge in [0.25, 0.3) is 0 Å². The lowest BCUT2D eigenvalue weighted by Gasteiger charge is -2.13. The quantitative estimate of drug-likeness (QED) is 0.615. The van der Waals surface area contributed by atoms with Crippen LogP contribution in [0.4, 0.5) is 0 Å². The fourth-order valence-electron chi connectivity index (χ4n) is 1.95. The van der Waals surface area contributed by atoms with Crippen molar-refractivity contribution in [1.29, 1.82) is 0 Å². The third-order valence-electron chi connectivity index (χ3n) is 3.21. The molecule has 8 heteroatoms. The summed E-state index contributed by atoms with van der Waals surface area (Å²) in [6.45, 7) is 11.9. The van der Waals surface area contributed by atoms with Crippen LogP contribution in [0.5, 0.6) is 0 Å². The molecule has 0 aliphatic rings. The van der Waals surface area contributed by atoms with E-state index in [-0.39, 0.29) is 5.41 Å². The molecular weight excluding hydrogens is 308 g/mol. The van der Waals surface area contributed by atoms with Gasteiger partial charge in [-0.2, -0.15) is 4.98 Å². The van der Waals surface area contributed by atoms with Gasteiger partial charge in [0, 0.05) is 24.9 Å². The highest BCUT2D eigenvalue weighted by molar-refractivity contribution is 5.79. The lowest BCUT2D eigenvalue weighted by atomic mass is 9.94. The molecule has 0 aromatic carbocycles. The molecule has 0 atom stereocenters. The first kappa shape index (κ1) is 18.0. The normalized spacial score (nSPS) is 12.5. The second-order valence-electron chi connectivity index (χ2n) is 6.48. The van der Waals surface area contributed by atoms with E-state index in [1.54, 1.807) is 13.1 Å². The third-order valence-corrected chi connectivity index (χ3v) is 3.21. The fraction of sp³-hybridized carbons (Fsp3) is 0.625. The van der Waals surface area contributed by atoms with Crippen LogP contribution in [0.1, 0.15) is 51.1 Å². The van der Waals surface area contributed by atoms with Gasteiger partial charge in [-0.05, 0) is 13.8 Å². The number of rotatable bonds is 6. The van der Waals surface area contributed by atoms with Gasteiger partial charge in [0.05, 0.1) is 6.20 Å². The molecule has 2 rings (SSSR count). The molecule has 2 heterocycles. The summed E-state index contributed by atoms with van der Waals surface area (Å²) in [5.41, 5.74) is -0.0556. The van der Waals surface area contributed by atoms with Crippen LogP contribution < -0.4 is 10.6 Å². The Hall–Kier alpha value is -2.38. The van der Waals surface area contributed by atoms with Crippen molar-refractivity contribution in [3.05, 3.63) is 29.6 Å². The summed E-state index contributed by atoms with van der Waals surface area (Å²) in [5.74, 6) is 3.41. The number of aliphatic imine (C=N–C) groups is 1. The molecule has 132 valence electrons. The Morgan fingerprint density at radius 3 is 2.62 bits per heavy atom. The maximum absolute atomic E-state index is 5.75. The number of hydrogen-bond acceptors (Lipinski definition) is 6. The molecule has 8 nitrogen and oxygen atoms in total. The highest BCUT2D eigenvalue weighted by atomic mass is 16.5. The molecule has 2 aromatic rings. The van der Waals surface area contributed by atoms with Gasteiger partial charge in [-0.15, -0.1) is 0 Å². The highest BCUT2D eigenvalue weighted by Crippen LogP contribution is 2.22. The number of guanidine groups is 1. The smallest absolute Gasteiger partial charge is 0.228 e. The molecule has 0 unspecified atom stereocenters. The molecule has 0 amide bonds. The predicted molar refractivity (Wildman–Crippen MR) is 90.8 cm³/mol. The van der Waals surface area contributed by atoms with Gasteiger partial charge < -0.3 is 19.6 Å². The molecule has 0 aliphatic carbocycles. The Morgan fingerprint density at radius 1 is 1.25 bits per heavy atom. The molecule has 0 saturated carbocycles. The van der Waals surface area contributed by atoms with E-state index in [1.165, 1.54) is 0 Å². The minimum absolute atomic E-state index is 0.0556. The molecule has 0 fully saturated rings. The standard InChI is InChI=1S/C16H26N6O2/c1-6-17-15(18-8-7-13-21-11(2)22-24-13)20-10-14-19-9-12(23-14)16(3,4)5/h9H,6-8,10H2,1-5H3,(H2,17,18,20). The maximum atomic E-state index is 5.75. The Morgan fingerprint density at radius 2 is 2.04 bits per heavy atom. The van der Waals surface area contributed by atoms with Gasteiger partial charge in [0.2, 0.25) is 11.8 Å². The Kier molecular flexibility index (Phi) is 5.94. The van der Waals surface area contributed by atoms with Gasteiger partial charge in [0.15, 0.2) is 11.8 Å². The predicted octanol–water partition coefficient (Wildman–Crippen LogP) is 1.96. The zero-order chi connectivity index (χ0) is 17.6. The number of nitrogens with zero attached hydrogens (tertiary/aromatic N) is 4. The maximum Gasteiger partial charge on any atom is 0.228 e. The van der Waals surface area contributed by atoms with E-state index in [9.17, 15) is 0 Å².